The van der Waals surface area contributed by atoms with Gasteiger partial charge >= 0.3 is 11.9 Å². The highest BCUT2D eigenvalue weighted by Crippen LogP contribution is 2.05. The first kappa shape index (κ1) is 20.8. The molecule has 3 atom stereocenters. The largest absolute Gasteiger partial charge is 0.481 e. The molecule has 0 aliphatic rings. The second-order valence-corrected chi connectivity index (χ2v) is 5.48. The summed E-state index contributed by atoms with van der Waals surface area (Å²) in [5.41, 5.74) is 5.34. The predicted molar refractivity (Wildman–Crippen MR) is 78.3 cm³/mol. The van der Waals surface area contributed by atoms with Crippen LogP contribution in [-0.2, 0) is 19.2 Å². The molecule has 10 nitrogen and oxygen atoms in total. The monoisotopic (exact) mass is 333 g/mol. The van der Waals surface area contributed by atoms with Crippen molar-refractivity contribution in [2.45, 2.75) is 44.8 Å². The van der Waals surface area contributed by atoms with Crippen molar-refractivity contribution in [3.8, 4) is 0 Å². The first-order valence-corrected chi connectivity index (χ1v) is 7.00. The van der Waals surface area contributed by atoms with Gasteiger partial charge in [0.1, 0.15) is 12.1 Å². The fourth-order valence-corrected chi connectivity index (χ4v) is 1.72. The molecule has 2 amide bonds. The summed E-state index contributed by atoms with van der Waals surface area (Å²) in [6, 6.07) is -3.97. The van der Waals surface area contributed by atoms with Gasteiger partial charge in [0.05, 0.1) is 19.1 Å². The third-order valence-electron chi connectivity index (χ3n) is 2.87. The van der Waals surface area contributed by atoms with Gasteiger partial charge < -0.3 is 31.7 Å². The summed E-state index contributed by atoms with van der Waals surface area (Å²) < 4.78 is 0. The van der Waals surface area contributed by atoms with Crippen LogP contribution >= 0.6 is 0 Å². The van der Waals surface area contributed by atoms with Crippen LogP contribution in [0.2, 0.25) is 0 Å². The highest BCUT2D eigenvalue weighted by Gasteiger charge is 2.28. The summed E-state index contributed by atoms with van der Waals surface area (Å²) in [4.78, 5) is 45.1. The van der Waals surface area contributed by atoms with Crippen LogP contribution in [0.25, 0.3) is 0 Å². The maximum absolute atomic E-state index is 11.9. The number of rotatable bonds is 10. The maximum atomic E-state index is 11.9. The van der Waals surface area contributed by atoms with Crippen molar-refractivity contribution in [1.82, 2.24) is 10.6 Å². The van der Waals surface area contributed by atoms with E-state index in [0.717, 1.165) is 0 Å². The SMILES string of the molecule is CC(C)C[C@H](NC(=O)[C@H](CO)NC(=O)[C@@H](N)CC(=O)O)C(=O)O. The molecule has 0 bridgehead atoms. The van der Waals surface area contributed by atoms with Crippen molar-refractivity contribution in [2.24, 2.45) is 11.7 Å². The van der Waals surface area contributed by atoms with Crippen LogP contribution in [0.3, 0.4) is 0 Å². The van der Waals surface area contributed by atoms with E-state index in [1.807, 2.05) is 0 Å². The Morgan fingerprint density at radius 2 is 1.52 bits per heavy atom. The maximum Gasteiger partial charge on any atom is 0.326 e. The zero-order chi connectivity index (χ0) is 18.2. The van der Waals surface area contributed by atoms with E-state index in [4.69, 9.17) is 21.1 Å². The number of carboxylic acids is 2. The highest BCUT2D eigenvalue weighted by molar-refractivity contribution is 5.92. The van der Waals surface area contributed by atoms with Crippen LogP contribution in [0.15, 0.2) is 0 Å². The van der Waals surface area contributed by atoms with Crippen molar-refractivity contribution in [2.75, 3.05) is 6.61 Å². The zero-order valence-electron chi connectivity index (χ0n) is 13.0. The minimum atomic E-state index is -1.42. The highest BCUT2D eigenvalue weighted by atomic mass is 16.4. The van der Waals surface area contributed by atoms with Crippen LogP contribution in [0.4, 0.5) is 0 Å². The molecule has 7 N–H and O–H groups in total. The minimum absolute atomic E-state index is 0.00237. The molecule has 23 heavy (non-hydrogen) atoms. The molecule has 0 unspecified atom stereocenters. The Morgan fingerprint density at radius 1 is 1.00 bits per heavy atom. The van der Waals surface area contributed by atoms with Crippen molar-refractivity contribution in [3.05, 3.63) is 0 Å². The van der Waals surface area contributed by atoms with Gasteiger partial charge in [-0.3, -0.25) is 14.4 Å². The molecule has 0 saturated heterocycles. The van der Waals surface area contributed by atoms with E-state index in [9.17, 15) is 19.2 Å². The normalized spacial score (nSPS) is 14.7. The molecule has 0 aromatic rings. The summed E-state index contributed by atoms with van der Waals surface area (Å²) >= 11 is 0. The van der Waals surface area contributed by atoms with E-state index in [1.54, 1.807) is 13.8 Å². The standard InChI is InChI=1S/C13H23N3O7/c1-6(2)3-8(13(22)23)15-12(21)9(5-17)16-11(20)7(14)4-10(18)19/h6-9,17H,3-5,14H2,1-2H3,(H,15,21)(H,16,20)(H,18,19)(H,22,23)/t7-,8-,9-/m0/s1. The number of aliphatic carboxylic acids is 2. The Labute approximate surface area is 133 Å². The minimum Gasteiger partial charge on any atom is -0.481 e. The number of hydrogen-bond acceptors (Lipinski definition) is 6. The van der Waals surface area contributed by atoms with E-state index >= 15 is 0 Å². The molecule has 0 aromatic carbocycles. The molecule has 0 saturated carbocycles. The number of carbonyl (C=O) groups excluding carboxylic acids is 2. The lowest BCUT2D eigenvalue weighted by atomic mass is 10.0. The van der Waals surface area contributed by atoms with Crippen molar-refractivity contribution in [1.29, 1.82) is 0 Å². The molecule has 0 spiro atoms. The number of nitrogens with two attached hydrogens (primary N) is 1. The van der Waals surface area contributed by atoms with E-state index in [2.05, 4.69) is 10.6 Å². The number of aliphatic hydroxyl groups is 1. The van der Waals surface area contributed by atoms with Crippen LogP contribution < -0.4 is 16.4 Å². The topological polar surface area (TPSA) is 179 Å². The molecule has 132 valence electrons. The Balaban J connectivity index is 4.75. The summed E-state index contributed by atoms with van der Waals surface area (Å²) in [5, 5.41) is 31.1. The lowest BCUT2D eigenvalue weighted by Gasteiger charge is -2.22. The Morgan fingerprint density at radius 3 is 1.91 bits per heavy atom. The van der Waals surface area contributed by atoms with Gasteiger partial charge in [-0.25, -0.2) is 4.79 Å². The van der Waals surface area contributed by atoms with E-state index in [-0.39, 0.29) is 12.3 Å². The summed E-state index contributed by atoms with van der Waals surface area (Å²) in [6.45, 7) is 2.77. The summed E-state index contributed by atoms with van der Waals surface area (Å²) in [7, 11) is 0. The fraction of sp³-hybridized carbons (Fsp3) is 0.692. The predicted octanol–water partition coefficient (Wildman–Crippen LogP) is -2.12. The molecule has 0 rings (SSSR count). The quantitative estimate of drug-likeness (QED) is 0.262. The van der Waals surface area contributed by atoms with E-state index in [1.165, 1.54) is 0 Å². The van der Waals surface area contributed by atoms with Gasteiger partial charge in [-0.1, -0.05) is 13.8 Å². The number of hydrogen-bond donors (Lipinski definition) is 6. The van der Waals surface area contributed by atoms with Gasteiger partial charge in [0.25, 0.3) is 0 Å². The van der Waals surface area contributed by atoms with Crippen LogP contribution in [0.1, 0.15) is 26.7 Å². The molecule has 10 heteroatoms. The lowest BCUT2D eigenvalue weighted by molar-refractivity contribution is -0.143. The molecule has 0 aliphatic carbocycles. The molecule has 0 fully saturated rings. The average Bonchev–Trinajstić information content (AvgIpc) is 2.41. The van der Waals surface area contributed by atoms with E-state index in [0.29, 0.717) is 0 Å². The Bertz CT molecular complexity index is 453. The van der Waals surface area contributed by atoms with Crippen molar-refractivity contribution >= 4 is 23.8 Å². The zero-order valence-corrected chi connectivity index (χ0v) is 13.0. The van der Waals surface area contributed by atoms with Crippen LogP contribution in [0, 0.1) is 5.92 Å². The number of nitrogens with one attached hydrogen (secondary N) is 2. The first-order valence-electron chi connectivity index (χ1n) is 7.00. The van der Waals surface area contributed by atoms with Crippen molar-refractivity contribution < 1.29 is 34.5 Å². The molecule has 0 aliphatic heterocycles. The van der Waals surface area contributed by atoms with Crippen LogP contribution in [0.5, 0.6) is 0 Å². The van der Waals surface area contributed by atoms with Crippen LogP contribution in [-0.4, -0.2) is 63.8 Å². The lowest BCUT2D eigenvalue weighted by Crippen LogP contribution is -2.56. The molecular formula is C13H23N3O7. The van der Waals surface area contributed by atoms with Gasteiger partial charge in [-0.15, -0.1) is 0 Å². The van der Waals surface area contributed by atoms with E-state index < -0.39 is 54.9 Å². The van der Waals surface area contributed by atoms with Gasteiger partial charge in [0.2, 0.25) is 11.8 Å². The average molecular weight is 333 g/mol. The summed E-state index contributed by atoms with van der Waals surface area (Å²) in [6.07, 6.45) is -0.470. The first-order chi connectivity index (χ1) is 10.6. The molecule has 0 radical (unpaired) electrons. The molecular weight excluding hydrogens is 310 g/mol. The van der Waals surface area contributed by atoms with Gasteiger partial charge in [0, 0.05) is 0 Å². The third-order valence-corrected chi connectivity index (χ3v) is 2.87. The summed E-state index contributed by atoms with van der Waals surface area (Å²) in [5.74, 6) is -4.35. The smallest absolute Gasteiger partial charge is 0.326 e. The fourth-order valence-electron chi connectivity index (χ4n) is 1.72. The number of carbonyl (C=O) groups is 4. The Kier molecular flexibility index (Phi) is 8.81. The molecule has 0 aromatic heterocycles. The van der Waals surface area contributed by atoms with Crippen molar-refractivity contribution in [3.63, 3.8) is 0 Å². The second-order valence-electron chi connectivity index (χ2n) is 5.48. The number of carboxylic acid groups (broad SMARTS) is 2. The second kappa shape index (κ2) is 9.74. The third kappa shape index (κ3) is 8.12. The molecule has 0 heterocycles. The Hall–Kier alpha value is -2.20. The number of amides is 2. The van der Waals surface area contributed by atoms with Gasteiger partial charge in [-0.2, -0.15) is 0 Å². The van der Waals surface area contributed by atoms with Gasteiger partial charge in [0.15, 0.2) is 0 Å². The number of aliphatic hydroxyl groups excluding tert-OH is 1. The van der Waals surface area contributed by atoms with Gasteiger partial charge in [-0.05, 0) is 12.3 Å².